The highest BCUT2D eigenvalue weighted by Gasteiger charge is 2.21. The Hall–Kier alpha value is -3.08. The average Bonchev–Trinajstić information content (AvgIpc) is 3.46. The van der Waals surface area contributed by atoms with Crippen molar-refractivity contribution in [2.75, 3.05) is 31.6 Å². The Bertz CT molecular complexity index is 1180. The molecule has 188 valence electrons. The molecule has 0 unspecified atom stereocenters. The first-order valence-electron chi connectivity index (χ1n) is 12.0. The number of hydrogen-bond donors (Lipinski definition) is 2. The fourth-order valence-electron chi connectivity index (χ4n) is 4.14. The summed E-state index contributed by atoms with van der Waals surface area (Å²) in [6.07, 6.45) is 6.61. The SMILES string of the molecule is CNC(=O)/C(=C/c1ccnc(N2CCC(CCNCc3cccc(-c4cccs4)n3)CC2)n1)SC=O. The molecule has 0 bridgehead atoms. The van der Waals surface area contributed by atoms with Crippen molar-refractivity contribution in [1.29, 1.82) is 0 Å². The van der Waals surface area contributed by atoms with Crippen LogP contribution in [0.25, 0.3) is 16.6 Å². The van der Waals surface area contributed by atoms with Gasteiger partial charge in [0.1, 0.15) is 0 Å². The van der Waals surface area contributed by atoms with Crippen LogP contribution in [-0.2, 0) is 16.1 Å². The third kappa shape index (κ3) is 7.22. The minimum absolute atomic E-state index is 0.303. The summed E-state index contributed by atoms with van der Waals surface area (Å²) in [5.41, 5.74) is 3.34. The second kappa shape index (κ2) is 13.3. The third-order valence-corrected chi connectivity index (χ3v) is 7.63. The molecule has 1 aliphatic rings. The van der Waals surface area contributed by atoms with Crippen LogP contribution in [0.3, 0.4) is 0 Å². The van der Waals surface area contributed by atoms with E-state index in [9.17, 15) is 9.59 Å². The molecule has 0 aromatic carbocycles. The number of amides is 1. The maximum atomic E-state index is 12.0. The summed E-state index contributed by atoms with van der Waals surface area (Å²) >= 11 is 2.55. The summed E-state index contributed by atoms with van der Waals surface area (Å²) in [6, 6.07) is 12.1. The van der Waals surface area contributed by atoms with E-state index in [1.54, 1.807) is 29.7 Å². The lowest BCUT2D eigenvalue weighted by atomic mass is 9.94. The molecule has 0 spiro atoms. The lowest BCUT2D eigenvalue weighted by Gasteiger charge is -2.32. The molecular weight excluding hydrogens is 492 g/mol. The van der Waals surface area contributed by atoms with Crippen molar-refractivity contribution >= 4 is 46.6 Å². The van der Waals surface area contributed by atoms with Gasteiger partial charge in [-0.1, -0.05) is 12.1 Å². The van der Waals surface area contributed by atoms with E-state index in [1.165, 1.54) is 11.9 Å². The highest BCUT2D eigenvalue weighted by atomic mass is 32.2. The molecule has 36 heavy (non-hydrogen) atoms. The summed E-state index contributed by atoms with van der Waals surface area (Å²) < 4.78 is 0. The van der Waals surface area contributed by atoms with Crippen molar-refractivity contribution in [2.24, 2.45) is 5.92 Å². The highest BCUT2D eigenvalue weighted by molar-refractivity contribution is 8.16. The molecule has 0 radical (unpaired) electrons. The predicted molar refractivity (Wildman–Crippen MR) is 147 cm³/mol. The van der Waals surface area contributed by atoms with Gasteiger partial charge < -0.3 is 15.5 Å². The van der Waals surface area contributed by atoms with Crippen LogP contribution in [0.2, 0.25) is 0 Å². The van der Waals surface area contributed by atoms with Crippen LogP contribution < -0.4 is 15.5 Å². The number of thiophene rings is 1. The van der Waals surface area contributed by atoms with Crippen LogP contribution in [0.1, 0.15) is 30.7 Å². The van der Waals surface area contributed by atoms with Crippen molar-refractivity contribution in [1.82, 2.24) is 25.6 Å². The van der Waals surface area contributed by atoms with E-state index in [4.69, 9.17) is 4.98 Å². The number of pyridine rings is 1. The normalized spacial score (nSPS) is 14.6. The fourth-order valence-corrected chi connectivity index (χ4v) is 5.34. The van der Waals surface area contributed by atoms with E-state index >= 15 is 0 Å². The standard InChI is InChI=1S/C26H30N6O2S2/c1-27-25(34)24(36-18-33)16-20-8-12-29-26(31-20)32-13-9-19(10-14-32)7-11-28-17-21-4-2-5-22(30-21)23-6-3-15-35-23/h2-6,8,12,15-16,18-19,28H,7,9-11,13-14,17H2,1H3,(H,27,34)/b24-16-. The molecule has 3 aromatic heterocycles. The number of hydrogen-bond acceptors (Lipinski definition) is 9. The monoisotopic (exact) mass is 522 g/mol. The smallest absolute Gasteiger partial charge is 0.257 e. The molecule has 1 fully saturated rings. The molecule has 0 atom stereocenters. The van der Waals surface area contributed by atoms with Crippen LogP contribution in [-0.4, -0.2) is 53.2 Å². The number of likely N-dealkylation sites (N-methyl/N-ethyl adjacent to an activating group) is 1. The van der Waals surface area contributed by atoms with E-state index in [2.05, 4.69) is 61.2 Å². The summed E-state index contributed by atoms with van der Waals surface area (Å²) in [5, 5.41) is 8.17. The van der Waals surface area contributed by atoms with Crippen LogP contribution in [0, 0.1) is 5.92 Å². The van der Waals surface area contributed by atoms with Crippen molar-refractivity contribution in [2.45, 2.75) is 25.8 Å². The van der Waals surface area contributed by atoms with Crippen LogP contribution >= 0.6 is 23.1 Å². The molecule has 10 heteroatoms. The number of thioether (sulfide) groups is 1. The number of carbonyl (C=O) groups is 2. The maximum absolute atomic E-state index is 12.0. The van der Waals surface area contributed by atoms with Crippen LogP contribution in [0.4, 0.5) is 5.95 Å². The van der Waals surface area contributed by atoms with Gasteiger partial charge in [-0.3, -0.25) is 14.6 Å². The number of aromatic nitrogens is 3. The fraction of sp³-hybridized carbons (Fsp3) is 0.346. The Kier molecular flexibility index (Phi) is 9.60. The summed E-state index contributed by atoms with van der Waals surface area (Å²) in [5.74, 6) is 1.00. The van der Waals surface area contributed by atoms with Gasteiger partial charge in [-0.05, 0) is 79.2 Å². The van der Waals surface area contributed by atoms with Gasteiger partial charge in [-0.15, -0.1) is 11.3 Å². The molecule has 8 nitrogen and oxygen atoms in total. The predicted octanol–water partition coefficient (Wildman–Crippen LogP) is 4.01. The Morgan fingerprint density at radius 3 is 2.81 bits per heavy atom. The lowest BCUT2D eigenvalue weighted by molar-refractivity contribution is -0.116. The molecule has 1 amide bonds. The van der Waals surface area contributed by atoms with Gasteiger partial charge in [0.2, 0.25) is 5.95 Å². The topological polar surface area (TPSA) is 100 Å². The van der Waals surface area contributed by atoms with E-state index < -0.39 is 0 Å². The zero-order valence-electron chi connectivity index (χ0n) is 20.2. The second-order valence-corrected chi connectivity index (χ2v) is 10.3. The molecule has 4 heterocycles. The Balaban J connectivity index is 1.23. The van der Waals surface area contributed by atoms with Gasteiger partial charge in [0.05, 0.1) is 26.9 Å². The first kappa shape index (κ1) is 26.0. The minimum Gasteiger partial charge on any atom is -0.355 e. The summed E-state index contributed by atoms with van der Waals surface area (Å²) in [6.45, 7) is 3.52. The number of nitrogens with zero attached hydrogens (tertiary/aromatic N) is 4. The van der Waals surface area contributed by atoms with Crippen LogP contribution in [0.15, 0.2) is 52.9 Å². The van der Waals surface area contributed by atoms with Crippen molar-refractivity contribution in [3.63, 3.8) is 0 Å². The van der Waals surface area contributed by atoms with Crippen molar-refractivity contribution in [3.8, 4) is 10.6 Å². The van der Waals surface area contributed by atoms with Gasteiger partial charge >= 0.3 is 0 Å². The zero-order chi connectivity index (χ0) is 25.2. The van der Waals surface area contributed by atoms with E-state index in [0.717, 1.165) is 68.6 Å². The van der Waals surface area contributed by atoms with Gasteiger partial charge in [-0.2, -0.15) is 0 Å². The maximum Gasteiger partial charge on any atom is 0.257 e. The van der Waals surface area contributed by atoms with Crippen molar-refractivity contribution in [3.05, 3.63) is 64.3 Å². The first-order chi connectivity index (χ1) is 17.7. The van der Waals surface area contributed by atoms with Gasteiger partial charge in [-0.25, -0.2) is 9.97 Å². The molecule has 4 rings (SSSR count). The molecule has 0 saturated carbocycles. The molecule has 3 aromatic rings. The van der Waals surface area contributed by atoms with Gasteiger partial charge in [0, 0.05) is 32.9 Å². The Labute approximate surface area is 219 Å². The Morgan fingerprint density at radius 1 is 1.19 bits per heavy atom. The first-order valence-corrected chi connectivity index (χ1v) is 13.7. The second-order valence-electron chi connectivity index (χ2n) is 8.47. The molecule has 1 aliphatic heterocycles. The average molecular weight is 523 g/mol. The van der Waals surface area contributed by atoms with Gasteiger partial charge in [0.15, 0.2) is 5.62 Å². The summed E-state index contributed by atoms with van der Waals surface area (Å²) in [7, 11) is 1.54. The van der Waals surface area contributed by atoms with E-state index in [0.29, 0.717) is 28.1 Å². The number of rotatable bonds is 11. The Morgan fingerprint density at radius 2 is 2.06 bits per heavy atom. The highest BCUT2D eigenvalue weighted by Crippen LogP contribution is 2.24. The van der Waals surface area contributed by atoms with Gasteiger partial charge in [0.25, 0.3) is 5.91 Å². The number of anilines is 1. The lowest BCUT2D eigenvalue weighted by Crippen LogP contribution is -2.35. The largest absolute Gasteiger partial charge is 0.355 e. The quantitative estimate of drug-likeness (QED) is 0.221. The van der Waals surface area contributed by atoms with E-state index in [1.807, 2.05) is 0 Å². The van der Waals surface area contributed by atoms with E-state index in [-0.39, 0.29) is 5.91 Å². The number of piperidine rings is 1. The molecule has 1 saturated heterocycles. The summed E-state index contributed by atoms with van der Waals surface area (Å²) in [4.78, 5) is 40.3. The number of carbonyl (C=O) groups excluding carboxylic acids is 2. The van der Waals surface area contributed by atoms with Crippen molar-refractivity contribution < 1.29 is 9.59 Å². The van der Waals surface area contributed by atoms with Crippen LogP contribution in [0.5, 0.6) is 0 Å². The molecule has 2 N–H and O–H groups in total. The minimum atomic E-state index is -0.312. The number of nitrogens with one attached hydrogen (secondary N) is 2. The zero-order valence-corrected chi connectivity index (χ0v) is 21.9. The third-order valence-electron chi connectivity index (χ3n) is 6.08. The molecular formula is C26H30N6O2S2. The molecule has 0 aliphatic carbocycles.